The van der Waals surface area contributed by atoms with Gasteiger partial charge in [-0.15, -0.1) is 0 Å². The van der Waals surface area contributed by atoms with Crippen molar-refractivity contribution in [3.05, 3.63) is 59.7 Å². The van der Waals surface area contributed by atoms with Crippen molar-refractivity contribution in [3.8, 4) is 5.75 Å². The fourth-order valence-corrected chi connectivity index (χ4v) is 1.96. The Morgan fingerprint density at radius 3 is 2.45 bits per heavy atom. The molecule has 20 heavy (non-hydrogen) atoms. The number of phenols is 1. The summed E-state index contributed by atoms with van der Waals surface area (Å²) in [4.78, 5) is 11.9. The number of hydrogen-bond acceptors (Lipinski definition) is 3. The average Bonchev–Trinajstić information content (AvgIpc) is 2.44. The second kappa shape index (κ2) is 6.73. The zero-order valence-electron chi connectivity index (χ0n) is 11.2. The molecular weight excluding hydrogens is 252 g/mol. The Bertz CT molecular complexity index is 579. The summed E-state index contributed by atoms with van der Waals surface area (Å²) in [6.07, 6.45) is 0.976. The summed E-state index contributed by atoms with van der Waals surface area (Å²) in [6, 6.07) is 14.4. The molecule has 4 nitrogen and oxygen atoms in total. The Morgan fingerprint density at radius 2 is 1.80 bits per heavy atom. The summed E-state index contributed by atoms with van der Waals surface area (Å²) >= 11 is 0. The molecule has 104 valence electrons. The lowest BCUT2D eigenvalue weighted by Gasteiger charge is -2.07. The molecule has 2 rings (SSSR count). The quantitative estimate of drug-likeness (QED) is 0.778. The Balaban J connectivity index is 1.96. The highest BCUT2D eigenvalue weighted by molar-refractivity contribution is 5.92. The van der Waals surface area contributed by atoms with Gasteiger partial charge in [0, 0.05) is 11.3 Å². The molecule has 0 bridgehead atoms. The highest BCUT2D eigenvalue weighted by Gasteiger charge is 2.07. The van der Waals surface area contributed by atoms with Crippen LogP contribution in [-0.2, 0) is 17.6 Å². The van der Waals surface area contributed by atoms with Gasteiger partial charge in [0.05, 0.1) is 6.42 Å². The Hall–Kier alpha value is -2.33. The number of carbonyl (C=O) groups excluding carboxylic acids is 1. The van der Waals surface area contributed by atoms with Crippen LogP contribution >= 0.6 is 0 Å². The van der Waals surface area contributed by atoms with Gasteiger partial charge >= 0.3 is 0 Å². The number of nitrogens with one attached hydrogen (secondary N) is 1. The first kappa shape index (κ1) is 14.1. The van der Waals surface area contributed by atoms with Crippen LogP contribution in [0.5, 0.6) is 5.75 Å². The molecule has 2 aromatic rings. The number of amides is 1. The minimum absolute atomic E-state index is 0.140. The minimum Gasteiger partial charge on any atom is -0.508 e. The zero-order chi connectivity index (χ0) is 14.4. The van der Waals surface area contributed by atoms with Crippen molar-refractivity contribution in [2.24, 2.45) is 5.73 Å². The van der Waals surface area contributed by atoms with E-state index >= 15 is 0 Å². The van der Waals surface area contributed by atoms with Crippen LogP contribution in [0.4, 0.5) is 5.69 Å². The largest absolute Gasteiger partial charge is 0.508 e. The van der Waals surface area contributed by atoms with Gasteiger partial charge in [-0.3, -0.25) is 4.79 Å². The molecular formula is C16H18N2O2. The van der Waals surface area contributed by atoms with E-state index in [9.17, 15) is 9.90 Å². The summed E-state index contributed by atoms with van der Waals surface area (Å²) < 4.78 is 0. The molecule has 0 saturated carbocycles. The van der Waals surface area contributed by atoms with Crippen LogP contribution in [0.25, 0.3) is 0 Å². The van der Waals surface area contributed by atoms with Crippen molar-refractivity contribution in [3.63, 3.8) is 0 Å². The van der Waals surface area contributed by atoms with E-state index in [4.69, 9.17) is 5.73 Å². The predicted octanol–water partition coefficient (Wildman–Crippen LogP) is 2.07. The van der Waals surface area contributed by atoms with E-state index in [-0.39, 0.29) is 18.1 Å². The van der Waals surface area contributed by atoms with Gasteiger partial charge in [-0.05, 0) is 36.7 Å². The van der Waals surface area contributed by atoms with E-state index < -0.39 is 0 Å². The number of aromatic hydroxyl groups is 1. The maximum absolute atomic E-state index is 11.9. The van der Waals surface area contributed by atoms with Crippen molar-refractivity contribution in [1.29, 1.82) is 0 Å². The summed E-state index contributed by atoms with van der Waals surface area (Å²) in [6.45, 7) is 0.610. The number of anilines is 1. The van der Waals surface area contributed by atoms with Crippen molar-refractivity contribution in [1.82, 2.24) is 0 Å². The molecule has 0 atom stereocenters. The Kier molecular flexibility index (Phi) is 4.74. The van der Waals surface area contributed by atoms with Crippen molar-refractivity contribution in [2.45, 2.75) is 12.8 Å². The van der Waals surface area contributed by atoms with Gasteiger partial charge in [0.15, 0.2) is 0 Å². The normalized spacial score (nSPS) is 10.2. The van der Waals surface area contributed by atoms with Crippen LogP contribution in [-0.4, -0.2) is 17.6 Å². The van der Waals surface area contributed by atoms with E-state index in [0.717, 1.165) is 17.7 Å². The van der Waals surface area contributed by atoms with Crippen molar-refractivity contribution < 1.29 is 9.90 Å². The highest BCUT2D eigenvalue weighted by Crippen LogP contribution is 2.17. The van der Waals surface area contributed by atoms with Crippen LogP contribution in [0, 0.1) is 0 Å². The minimum atomic E-state index is -0.155. The first-order valence-electron chi connectivity index (χ1n) is 6.55. The molecule has 0 aliphatic rings. The van der Waals surface area contributed by atoms with Crippen LogP contribution in [0.2, 0.25) is 0 Å². The number of hydrogen-bond donors (Lipinski definition) is 3. The van der Waals surface area contributed by atoms with Gasteiger partial charge in [0.2, 0.25) is 5.91 Å². The van der Waals surface area contributed by atoms with E-state index in [1.807, 2.05) is 24.3 Å². The van der Waals surface area contributed by atoms with Crippen molar-refractivity contribution >= 4 is 11.6 Å². The van der Waals surface area contributed by atoms with Gasteiger partial charge in [-0.1, -0.05) is 30.3 Å². The van der Waals surface area contributed by atoms with Gasteiger partial charge < -0.3 is 16.2 Å². The smallest absolute Gasteiger partial charge is 0.228 e. The third-order valence-corrected chi connectivity index (χ3v) is 3.01. The Morgan fingerprint density at radius 1 is 1.10 bits per heavy atom. The molecule has 0 heterocycles. The topological polar surface area (TPSA) is 75.3 Å². The maximum atomic E-state index is 11.9. The number of para-hydroxylation sites is 1. The predicted molar refractivity (Wildman–Crippen MR) is 79.6 cm³/mol. The molecule has 0 aliphatic carbocycles. The van der Waals surface area contributed by atoms with Gasteiger partial charge in [-0.25, -0.2) is 0 Å². The van der Waals surface area contributed by atoms with E-state index in [2.05, 4.69) is 5.32 Å². The zero-order valence-corrected chi connectivity index (χ0v) is 11.2. The first-order valence-corrected chi connectivity index (χ1v) is 6.55. The van der Waals surface area contributed by atoms with Gasteiger partial charge in [0.1, 0.15) is 5.75 Å². The molecule has 4 heteroatoms. The molecule has 0 radical (unpaired) electrons. The van der Waals surface area contributed by atoms with Crippen LogP contribution in [0.3, 0.4) is 0 Å². The fraction of sp³-hybridized carbons (Fsp3) is 0.188. The number of rotatable bonds is 5. The molecule has 0 spiro atoms. The molecule has 0 saturated heterocycles. The number of nitrogens with two attached hydrogens (primary N) is 1. The lowest BCUT2D eigenvalue weighted by molar-refractivity contribution is -0.115. The molecule has 0 unspecified atom stereocenters. The lowest BCUT2D eigenvalue weighted by Crippen LogP contribution is -2.14. The van der Waals surface area contributed by atoms with Crippen LogP contribution < -0.4 is 11.1 Å². The standard InChI is InChI=1S/C16H18N2O2/c17-10-9-12-5-7-14(8-6-12)18-16(20)11-13-3-1-2-4-15(13)19/h1-8,19H,9-11,17H2,(H,18,20). The summed E-state index contributed by atoms with van der Waals surface area (Å²) in [7, 11) is 0. The van der Waals surface area contributed by atoms with Crippen molar-refractivity contribution in [2.75, 3.05) is 11.9 Å². The number of benzene rings is 2. The second-order valence-electron chi connectivity index (χ2n) is 4.59. The van der Waals surface area contributed by atoms with Crippen LogP contribution in [0.1, 0.15) is 11.1 Å². The lowest BCUT2D eigenvalue weighted by atomic mass is 10.1. The Labute approximate surface area is 118 Å². The summed E-state index contributed by atoms with van der Waals surface area (Å²) in [5, 5.41) is 12.4. The number of carbonyl (C=O) groups is 1. The van der Waals surface area contributed by atoms with Gasteiger partial charge in [-0.2, -0.15) is 0 Å². The van der Waals surface area contributed by atoms with E-state index in [1.54, 1.807) is 24.3 Å². The molecule has 2 aromatic carbocycles. The third kappa shape index (κ3) is 3.83. The van der Waals surface area contributed by atoms with E-state index in [1.165, 1.54) is 0 Å². The number of phenolic OH excluding ortho intramolecular Hbond substituents is 1. The SMILES string of the molecule is NCCc1ccc(NC(=O)Cc2ccccc2O)cc1. The van der Waals surface area contributed by atoms with E-state index in [0.29, 0.717) is 12.1 Å². The molecule has 0 fully saturated rings. The fourth-order valence-electron chi connectivity index (χ4n) is 1.96. The molecule has 0 aromatic heterocycles. The average molecular weight is 270 g/mol. The summed E-state index contributed by atoms with van der Waals surface area (Å²) in [5.74, 6) is -0.0148. The summed E-state index contributed by atoms with van der Waals surface area (Å²) in [5.41, 5.74) is 7.99. The maximum Gasteiger partial charge on any atom is 0.228 e. The second-order valence-corrected chi connectivity index (χ2v) is 4.59. The van der Waals surface area contributed by atoms with Gasteiger partial charge in [0.25, 0.3) is 0 Å². The highest BCUT2D eigenvalue weighted by atomic mass is 16.3. The van der Waals surface area contributed by atoms with Crippen LogP contribution in [0.15, 0.2) is 48.5 Å². The first-order chi connectivity index (χ1) is 9.69. The monoisotopic (exact) mass is 270 g/mol. The third-order valence-electron chi connectivity index (χ3n) is 3.01. The molecule has 4 N–H and O–H groups in total. The molecule has 0 aliphatic heterocycles. The molecule has 1 amide bonds.